The maximum Gasteiger partial charge on any atom is 0.459 e. The molecule has 9 heteroatoms. The van der Waals surface area contributed by atoms with Crippen molar-refractivity contribution in [2.24, 2.45) is 0 Å². The molecule has 1 aliphatic rings. The molecule has 0 radical (unpaired) electrons. The molecule has 28 heavy (non-hydrogen) atoms. The second-order valence-corrected chi connectivity index (χ2v) is 9.11. The van der Waals surface area contributed by atoms with Gasteiger partial charge < -0.3 is 14.0 Å². The standard InChI is InChI=1S/C19H29FNO6P/c1-13(2)25-18(22)14(3)21-28(23,27-16-9-7-6-8-10-16)24-12-17-11-19(5,20)15(4)26-17/h6-10,13-15,17H,11-12H2,1-5H3,(H,21,23). The van der Waals surface area contributed by atoms with E-state index in [1.165, 1.54) is 13.8 Å². The van der Waals surface area contributed by atoms with E-state index in [2.05, 4.69) is 5.09 Å². The quantitative estimate of drug-likeness (QED) is 0.480. The molecule has 1 heterocycles. The van der Waals surface area contributed by atoms with Crippen LogP contribution in [0.25, 0.3) is 0 Å². The number of hydrogen-bond acceptors (Lipinski definition) is 6. The maximum atomic E-state index is 14.3. The maximum absolute atomic E-state index is 14.3. The lowest BCUT2D eigenvalue weighted by molar-refractivity contribution is -0.149. The Bertz CT molecular complexity index is 699. The van der Waals surface area contributed by atoms with E-state index in [-0.39, 0.29) is 19.1 Å². The van der Waals surface area contributed by atoms with Crippen LogP contribution < -0.4 is 9.61 Å². The van der Waals surface area contributed by atoms with E-state index in [1.54, 1.807) is 51.1 Å². The lowest BCUT2D eigenvalue weighted by Crippen LogP contribution is -2.36. The molecule has 0 amide bonds. The highest BCUT2D eigenvalue weighted by Gasteiger charge is 2.44. The molecule has 158 valence electrons. The molecule has 0 aliphatic carbocycles. The summed E-state index contributed by atoms with van der Waals surface area (Å²) < 4.78 is 49.3. The van der Waals surface area contributed by atoms with Gasteiger partial charge in [0.25, 0.3) is 0 Å². The number of esters is 1. The molecule has 1 saturated heterocycles. The fourth-order valence-corrected chi connectivity index (χ4v) is 4.23. The Morgan fingerprint density at radius 1 is 1.36 bits per heavy atom. The van der Waals surface area contributed by atoms with Crippen molar-refractivity contribution in [2.45, 2.75) is 71.1 Å². The van der Waals surface area contributed by atoms with E-state index >= 15 is 0 Å². The number of hydrogen-bond donors (Lipinski definition) is 1. The number of carbonyl (C=O) groups is 1. The van der Waals surface area contributed by atoms with Crippen molar-refractivity contribution in [1.29, 1.82) is 0 Å². The van der Waals surface area contributed by atoms with Crippen LogP contribution in [0.5, 0.6) is 5.75 Å². The van der Waals surface area contributed by atoms with E-state index in [0.29, 0.717) is 5.75 Å². The Morgan fingerprint density at radius 3 is 2.54 bits per heavy atom. The van der Waals surface area contributed by atoms with Gasteiger partial charge in [0, 0.05) is 6.42 Å². The highest BCUT2D eigenvalue weighted by Crippen LogP contribution is 2.46. The molecule has 2 rings (SSSR count). The first-order valence-corrected chi connectivity index (χ1v) is 10.9. The second kappa shape index (κ2) is 9.35. The fourth-order valence-electron chi connectivity index (χ4n) is 2.70. The molecule has 1 aliphatic heterocycles. The third-order valence-electron chi connectivity index (χ3n) is 4.33. The van der Waals surface area contributed by atoms with Crippen molar-refractivity contribution < 1.29 is 32.3 Å². The van der Waals surface area contributed by atoms with E-state index in [4.69, 9.17) is 18.5 Å². The summed E-state index contributed by atoms with van der Waals surface area (Å²) in [6, 6.07) is 7.50. The van der Waals surface area contributed by atoms with E-state index in [9.17, 15) is 13.8 Å². The summed E-state index contributed by atoms with van der Waals surface area (Å²) in [5.74, 6) is -0.281. The smallest absolute Gasteiger partial charge is 0.459 e. The van der Waals surface area contributed by atoms with Gasteiger partial charge >= 0.3 is 13.7 Å². The summed E-state index contributed by atoms with van der Waals surface area (Å²) in [7, 11) is -3.96. The van der Waals surface area contributed by atoms with Crippen LogP contribution in [0.3, 0.4) is 0 Å². The van der Waals surface area contributed by atoms with Gasteiger partial charge in [-0.15, -0.1) is 0 Å². The number of rotatable bonds is 9. The normalized spacial score (nSPS) is 28.0. The van der Waals surface area contributed by atoms with Gasteiger partial charge in [-0.3, -0.25) is 9.32 Å². The predicted molar refractivity (Wildman–Crippen MR) is 103 cm³/mol. The number of ether oxygens (including phenoxy) is 2. The molecule has 1 N–H and O–H groups in total. The lowest BCUT2D eigenvalue weighted by Gasteiger charge is -2.24. The van der Waals surface area contributed by atoms with E-state index < -0.39 is 37.6 Å². The summed E-state index contributed by atoms with van der Waals surface area (Å²) >= 11 is 0. The zero-order valence-corrected chi connectivity index (χ0v) is 17.8. The van der Waals surface area contributed by atoms with Gasteiger partial charge in [-0.25, -0.2) is 8.96 Å². The van der Waals surface area contributed by atoms with Crippen LogP contribution in [0.4, 0.5) is 4.39 Å². The molecule has 5 unspecified atom stereocenters. The van der Waals surface area contributed by atoms with Crippen molar-refractivity contribution >= 4 is 13.7 Å². The van der Waals surface area contributed by atoms with Crippen LogP contribution >= 0.6 is 7.75 Å². The summed E-state index contributed by atoms with van der Waals surface area (Å²) in [6.45, 7) is 7.89. The molecule has 0 saturated carbocycles. The molecule has 0 bridgehead atoms. The monoisotopic (exact) mass is 417 g/mol. The Hall–Kier alpha value is -1.47. The number of carbonyl (C=O) groups excluding carboxylic acids is 1. The fraction of sp³-hybridized carbons (Fsp3) is 0.632. The Labute approximate surface area is 165 Å². The first-order chi connectivity index (χ1) is 13.0. The molecule has 1 aromatic rings. The van der Waals surface area contributed by atoms with Crippen LogP contribution in [-0.4, -0.2) is 42.6 Å². The third kappa shape index (κ3) is 6.55. The van der Waals surface area contributed by atoms with E-state index in [1.807, 2.05) is 0 Å². The van der Waals surface area contributed by atoms with Crippen LogP contribution in [0.2, 0.25) is 0 Å². The van der Waals surface area contributed by atoms with Crippen molar-refractivity contribution in [1.82, 2.24) is 5.09 Å². The van der Waals surface area contributed by atoms with Gasteiger partial charge in [-0.05, 0) is 46.8 Å². The van der Waals surface area contributed by atoms with E-state index in [0.717, 1.165) is 0 Å². The van der Waals surface area contributed by atoms with Crippen LogP contribution in [0.15, 0.2) is 30.3 Å². The summed E-state index contributed by atoms with van der Waals surface area (Å²) in [4.78, 5) is 12.1. The molecule has 0 spiro atoms. The zero-order valence-electron chi connectivity index (χ0n) is 16.9. The number of alkyl halides is 1. The topological polar surface area (TPSA) is 83.1 Å². The zero-order chi connectivity index (χ0) is 20.9. The molecule has 5 atom stereocenters. The number of halogens is 1. The number of benzene rings is 1. The number of para-hydroxylation sites is 1. The van der Waals surface area contributed by atoms with Crippen LogP contribution in [0, 0.1) is 0 Å². The molecule has 7 nitrogen and oxygen atoms in total. The minimum atomic E-state index is -3.96. The van der Waals surface area contributed by atoms with Crippen molar-refractivity contribution in [3.8, 4) is 5.75 Å². The average molecular weight is 417 g/mol. The Morgan fingerprint density at radius 2 is 2.00 bits per heavy atom. The Balaban J connectivity index is 2.07. The molecule has 1 aromatic carbocycles. The van der Waals surface area contributed by atoms with Crippen LogP contribution in [0.1, 0.15) is 41.0 Å². The first kappa shape index (κ1) is 22.8. The molecule has 1 fully saturated rings. The van der Waals surface area contributed by atoms with Crippen molar-refractivity contribution in [2.75, 3.05) is 6.61 Å². The predicted octanol–water partition coefficient (Wildman–Crippen LogP) is 4.03. The Kier molecular flexibility index (Phi) is 7.62. The van der Waals surface area contributed by atoms with Gasteiger partial charge in [0.2, 0.25) is 0 Å². The highest BCUT2D eigenvalue weighted by atomic mass is 31.2. The second-order valence-electron chi connectivity index (χ2n) is 7.42. The highest BCUT2D eigenvalue weighted by molar-refractivity contribution is 7.52. The van der Waals surface area contributed by atoms with Gasteiger partial charge in [-0.2, -0.15) is 5.09 Å². The molecular weight excluding hydrogens is 388 g/mol. The molecular formula is C19H29FNO6P. The molecule has 0 aromatic heterocycles. The largest absolute Gasteiger partial charge is 0.462 e. The van der Waals surface area contributed by atoms with Gasteiger partial charge in [0.1, 0.15) is 17.5 Å². The SMILES string of the molecule is CC(C)OC(=O)C(C)NP(=O)(OCC1CC(C)(F)C(C)O1)Oc1ccccc1. The number of nitrogens with one attached hydrogen (secondary N) is 1. The minimum absolute atomic E-state index is 0.116. The first-order valence-electron chi connectivity index (χ1n) is 9.32. The van der Waals surface area contributed by atoms with Crippen molar-refractivity contribution in [3.05, 3.63) is 30.3 Å². The van der Waals surface area contributed by atoms with Gasteiger partial charge in [0.05, 0.1) is 24.9 Å². The lowest BCUT2D eigenvalue weighted by atomic mass is 10.00. The summed E-state index contributed by atoms with van der Waals surface area (Å²) in [5, 5.41) is 2.59. The minimum Gasteiger partial charge on any atom is -0.462 e. The summed E-state index contributed by atoms with van der Waals surface area (Å²) in [5.41, 5.74) is -1.49. The average Bonchev–Trinajstić information content (AvgIpc) is 2.86. The third-order valence-corrected chi connectivity index (χ3v) is 5.97. The summed E-state index contributed by atoms with van der Waals surface area (Å²) in [6.07, 6.45) is -1.37. The van der Waals surface area contributed by atoms with Gasteiger partial charge in [-0.1, -0.05) is 18.2 Å². The van der Waals surface area contributed by atoms with Gasteiger partial charge in [0.15, 0.2) is 0 Å². The van der Waals surface area contributed by atoms with Crippen LogP contribution in [-0.2, 0) is 23.4 Å². The van der Waals surface area contributed by atoms with Crippen molar-refractivity contribution in [3.63, 3.8) is 0 Å².